The maximum atomic E-state index is 14.0. The Morgan fingerprint density at radius 2 is 0.730 bits per heavy atom. The van der Waals surface area contributed by atoms with Crippen LogP contribution in [0.1, 0.15) is 18.9 Å². The molecule has 0 bridgehead atoms. The Morgan fingerprint density at radius 3 is 1.05 bits per heavy atom. The quantitative estimate of drug-likeness (QED) is 0.190. The lowest BCUT2D eigenvalue weighted by Gasteiger charge is -2.42. The summed E-state index contributed by atoms with van der Waals surface area (Å²) in [4.78, 5) is 0. The van der Waals surface area contributed by atoms with Crippen molar-refractivity contribution in [3.63, 3.8) is 0 Å². The van der Waals surface area contributed by atoms with Crippen molar-refractivity contribution in [3.8, 4) is 0 Å². The fraction of sp³-hybridized carbons (Fsp3) is 0.625. The van der Waals surface area contributed by atoms with Gasteiger partial charge in [-0.3, -0.25) is 0 Å². The van der Waals surface area contributed by atoms with E-state index in [1.807, 2.05) is 0 Å². The summed E-state index contributed by atoms with van der Waals surface area (Å²) in [5.41, 5.74) is -7.50. The van der Waals surface area contributed by atoms with Crippen LogP contribution in [0.5, 0.6) is 0 Å². The molecule has 1 unspecified atom stereocenters. The molecule has 0 amide bonds. The first-order chi connectivity index (χ1) is 15.9. The van der Waals surface area contributed by atoms with Crippen molar-refractivity contribution < 1.29 is 92.9 Å². The molecule has 1 atom stereocenters. The highest BCUT2D eigenvalue weighted by Crippen LogP contribution is 2.63. The minimum atomic E-state index is -8.68. The van der Waals surface area contributed by atoms with Crippen LogP contribution in [0.3, 0.4) is 0 Å². The Bertz CT molecular complexity index is 1010. The highest BCUT2D eigenvalue weighted by atomic mass is 19.4. The standard InChI is InChI=1S/C16H6F20O/c1-9(37,3-4(17)6(19)8(21)7(20)5(3)18)2-10(22,23)11(24,25)12(26,27)13(28,29)14(30,31)15(32,33)16(34,35)36/h37H,2H2,1H3. The summed E-state index contributed by atoms with van der Waals surface area (Å²) in [6.07, 6.45) is -11.6. The largest absolute Gasteiger partial charge is 0.460 e. The Morgan fingerprint density at radius 1 is 0.459 bits per heavy atom. The van der Waals surface area contributed by atoms with Gasteiger partial charge in [-0.15, -0.1) is 0 Å². The summed E-state index contributed by atoms with van der Waals surface area (Å²) in [6, 6.07) is 0. The summed E-state index contributed by atoms with van der Waals surface area (Å²) >= 11 is 0. The van der Waals surface area contributed by atoms with E-state index < -0.39 is 95.3 Å². The molecule has 0 aliphatic heterocycles. The van der Waals surface area contributed by atoms with Gasteiger partial charge in [0.1, 0.15) is 0 Å². The van der Waals surface area contributed by atoms with E-state index in [4.69, 9.17) is 0 Å². The first-order valence-corrected chi connectivity index (χ1v) is 8.46. The Kier molecular flexibility index (Phi) is 7.67. The second-order valence-corrected chi connectivity index (χ2v) is 7.47. The lowest BCUT2D eigenvalue weighted by molar-refractivity contribution is -0.453. The molecule has 0 heterocycles. The smallest absolute Gasteiger partial charge is 0.385 e. The van der Waals surface area contributed by atoms with E-state index in [0.717, 1.165) is 0 Å². The molecule has 0 saturated heterocycles. The lowest BCUT2D eigenvalue weighted by Crippen LogP contribution is -2.72. The number of hydrogen-bond acceptors (Lipinski definition) is 1. The number of rotatable bonds is 8. The van der Waals surface area contributed by atoms with Gasteiger partial charge >= 0.3 is 41.7 Å². The average molecular weight is 594 g/mol. The lowest BCUT2D eigenvalue weighted by atomic mass is 9.83. The highest BCUT2D eigenvalue weighted by Gasteiger charge is 2.93. The fourth-order valence-corrected chi connectivity index (χ4v) is 2.71. The molecule has 0 fully saturated rings. The summed E-state index contributed by atoms with van der Waals surface area (Å²) in [7, 11) is 0. The minimum Gasteiger partial charge on any atom is -0.385 e. The predicted molar refractivity (Wildman–Crippen MR) is 76.2 cm³/mol. The van der Waals surface area contributed by atoms with Crippen LogP contribution in [0.25, 0.3) is 0 Å². The average Bonchev–Trinajstić information content (AvgIpc) is 2.68. The van der Waals surface area contributed by atoms with Gasteiger partial charge in [0.05, 0.1) is 17.6 Å². The van der Waals surface area contributed by atoms with Crippen molar-refractivity contribution >= 4 is 0 Å². The van der Waals surface area contributed by atoms with Crippen molar-refractivity contribution in [2.24, 2.45) is 0 Å². The summed E-state index contributed by atoms with van der Waals surface area (Å²) in [5.74, 6) is -65.1. The van der Waals surface area contributed by atoms with Gasteiger partial charge in [-0.25, -0.2) is 22.0 Å². The van der Waals surface area contributed by atoms with E-state index in [0.29, 0.717) is 0 Å². The summed E-state index contributed by atoms with van der Waals surface area (Å²) in [6.45, 7) is -0.544. The monoisotopic (exact) mass is 594 g/mol. The molecule has 0 saturated carbocycles. The molecule has 0 aliphatic rings. The van der Waals surface area contributed by atoms with Gasteiger partial charge < -0.3 is 5.11 Å². The van der Waals surface area contributed by atoms with E-state index in [-0.39, 0.29) is 0 Å². The third-order valence-corrected chi connectivity index (χ3v) is 4.71. The van der Waals surface area contributed by atoms with Crippen LogP contribution in [0.4, 0.5) is 87.8 Å². The van der Waals surface area contributed by atoms with Gasteiger partial charge in [-0.1, -0.05) is 0 Å². The number of alkyl halides is 15. The number of halogens is 20. The molecular formula is C16H6F20O. The SMILES string of the molecule is CC(O)(CC(F)(F)C(F)(F)C(F)(F)C(F)(F)C(F)(F)C(F)(F)C(F)(F)F)c1c(F)c(F)c(F)c(F)c1F. The van der Waals surface area contributed by atoms with Crippen LogP contribution >= 0.6 is 0 Å². The van der Waals surface area contributed by atoms with E-state index in [2.05, 4.69) is 0 Å². The molecule has 1 nitrogen and oxygen atoms in total. The normalized spacial score (nSPS) is 16.7. The Hall–Kier alpha value is -2.22. The van der Waals surface area contributed by atoms with Gasteiger partial charge in [0.25, 0.3) is 0 Å². The minimum absolute atomic E-state index is 0.544. The van der Waals surface area contributed by atoms with E-state index in [1.165, 1.54) is 0 Å². The summed E-state index contributed by atoms with van der Waals surface area (Å²) in [5, 5.41) is 9.65. The summed E-state index contributed by atoms with van der Waals surface area (Å²) < 4.78 is 265. The second kappa shape index (κ2) is 8.65. The van der Waals surface area contributed by atoms with Crippen molar-refractivity contribution in [2.45, 2.75) is 60.7 Å². The molecule has 21 heteroatoms. The van der Waals surface area contributed by atoms with Crippen molar-refractivity contribution in [3.05, 3.63) is 34.6 Å². The van der Waals surface area contributed by atoms with Crippen LogP contribution in [-0.2, 0) is 5.60 Å². The fourth-order valence-electron chi connectivity index (χ4n) is 2.71. The van der Waals surface area contributed by atoms with Crippen LogP contribution in [0.2, 0.25) is 0 Å². The van der Waals surface area contributed by atoms with Gasteiger partial charge in [0, 0.05) is 0 Å². The molecule has 216 valence electrons. The second-order valence-electron chi connectivity index (χ2n) is 7.47. The molecule has 0 aromatic heterocycles. The molecule has 1 rings (SSSR count). The zero-order valence-corrected chi connectivity index (χ0v) is 16.7. The van der Waals surface area contributed by atoms with Crippen LogP contribution in [0.15, 0.2) is 0 Å². The van der Waals surface area contributed by atoms with E-state index >= 15 is 0 Å². The molecule has 1 aromatic rings. The molecule has 0 radical (unpaired) electrons. The van der Waals surface area contributed by atoms with Crippen molar-refractivity contribution in [2.75, 3.05) is 0 Å². The van der Waals surface area contributed by atoms with Gasteiger partial charge in [-0.05, 0) is 6.92 Å². The van der Waals surface area contributed by atoms with Gasteiger partial charge in [-0.2, -0.15) is 65.9 Å². The van der Waals surface area contributed by atoms with Crippen LogP contribution in [-0.4, -0.2) is 46.8 Å². The zero-order valence-electron chi connectivity index (χ0n) is 16.7. The molecular weight excluding hydrogens is 588 g/mol. The molecule has 1 N–H and O–H groups in total. The third-order valence-electron chi connectivity index (χ3n) is 4.71. The molecule has 0 aliphatic carbocycles. The van der Waals surface area contributed by atoms with Crippen molar-refractivity contribution in [1.82, 2.24) is 0 Å². The maximum Gasteiger partial charge on any atom is 0.460 e. The van der Waals surface area contributed by atoms with E-state index in [1.54, 1.807) is 0 Å². The zero-order chi connectivity index (χ0) is 30.2. The van der Waals surface area contributed by atoms with E-state index in [9.17, 15) is 92.9 Å². The predicted octanol–water partition coefficient (Wildman–Crippen LogP) is 7.35. The highest BCUT2D eigenvalue weighted by molar-refractivity contribution is 5.30. The maximum absolute atomic E-state index is 14.0. The first kappa shape index (κ1) is 32.8. The van der Waals surface area contributed by atoms with Crippen molar-refractivity contribution in [1.29, 1.82) is 0 Å². The number of aliphatic hydroxyl groups is 1. The molecule has 1 aromatic carbocycles. The number of hydrogen-bond donors (Lipinski definition) is 1. The van der Waals surface area contributed by atoms with Gasteiger partial charge in [0.2, 0.25) is 5.82 Å². The first-order valence-electron chi connectivity index (χ1n) is 8.46. The number of benzene rings is 1. The molecule has 37 heavy (non-hydrogen) atoms. The Balaban J connectivity index is 3.72. The third kappa shape index (κ3) is 4.43. The topological polar surface area (TPSA) is 20.2 Å². The van der Waals surface area contributed by atoms with Gasteiger partial charge in [0.15, 0.2) is 23.3 Å². The Labute approximate surface area is 189 Å². The van der Waals surface area contributed by atoms with Crippen LogP contribution < -0.4 is 0 Å². The molecule has 0 spiro atoms. The van der Waals surface area contributed by atoms with Crippen LogP contribution in [0, 0.1) is 29.1 Å².